The number of halogens is 3. The molecule has 0 atom stereocenters. The second-order valence-electron chi connectivity index (χ2n) is 4.18. The number of nitrogens with one attached hydrogen (secondary N) is 1. The van der Waals surface area contributed by atoms with Crippen molar-refractivity contribution in [3.63, 3.8) is 0 Å². The highest BCUT2D eigenvalue weighted by Crippen LogP contribution is 2.24. The van der Waals surface area contributed by atoms with Crippen LogP contribution in [0.2, 0.25) is 5.02 Å². The molecule has 0 unspecified atom stereocenters. The van der Waals surface area contributed by atoms with Gasteiger partial charge in [-0.25, -0.2) is 22.0 Å². The molecule has 0 bridgehead atoms. The summed E-state index contributed by atoms with van der Waals surface area (Å²) in [5.41, 5.74) is -0.861. The van der Waals surface area contributed by atoms with E-state index in [1.54, 1.807) is 0 Å². The molecule has 2 rings (SSSR count). The normalized spacial score (nSPS) is 11.2. The van der Waals surface area contributed by atoms with Gasteiger partial charge in [0.05, 0.1) is 11.3 Å². The molecule has 0 aliphatic heterocycles. The Hall–Kier alpha value is -2.19. The van der Waals surface area contributed by atoms with Gasteiger partial charge in [-0.05, 0) is 36.4 Å². The zero-order valence-corrected chi connectivity index (χ0v) is 12.3. The standard InChI is InChI=1S/C13H8ClF2NO4S/c14-8-2-3-9(15)11(6-8)17-22(20,21)12-4-1-7(13(18)19)5-10(12)16/h1-6,17H,(H,18,19). The highest BCUT2D eigenvalue weighted by Gasteiger charge is 2.22. The Morgan fingerprint density at radius 2 is 1.77 bits per heavy atom. The summed E-state index contributed by atoms with van der Waals surface area (Å²) in [6, 6.07) is 5.46. The summed E-state index contributed by atoms with van der Waals surface area (Å²) < 4.78 is 53.3. The van der Waals surface area contributed by atoms with E-state index in [-0.39, 0.29) is 5.02 Å². The van der Waals surface area contributed by atoms with Gasteiger partial charge in [0.2, 0.25) is 0 Å². The molecular weight excluding hydrogens is 340 g/mol. The maximum absolute atomic E-state index is 13.8. The second kappa shape index (κ2) is 5.90. The van der Waals surface area contributed by atoms with Gasteiger partial charge in [-0.2, -0.15) is 0 Å². The fraction of sp³-hybridized carbons (Fsp3) is 0. The van der Waals surface area contributed by atoms with Gasteiger partial charge < -0.3 is 5.11 Å². The summed E-state index contributed by atoms with van der Waals surface area (Å²) in [7, 11) is -4.44. The van der Waals surface area contributed by atoms with E-state index in [0.29, 0.717) is 6.07 Å². The number of benzene rings is 2. The van der Waals surface area contributed by atoms with Crippen molar-refractivity contribution >= 4 is 33.3 Å². The maximum atomic E-state index is 13.8. The molecule has 0 spiro atoms. The fourth-order valence-corrected chi connectivity index (χ4v) is 2.92. The molecule has 5 nitrogen and oxygen atoms in total. The van der Waals surface area contributed by atoms with E-state index < -0.39 is 43.8 Å². The number of rotatable bonds is 4. The lowest BCUT2D eigenvalue weighted by atomic mass is 10.2. The van der Waals surface area contributed by atoms with Gasteiger partial charge in [-0.1, -0.05) is 11.6 Å². The maximum Gasteiger partial charge on any atom is 0.335 e. The van der Waals surface area contributed by atoms with E-state index in [0.717, 1.165) is 24.3 Å². The Morgan fingerprint density at radius 1 is 1.09 bits per heavy atom. The molecule has 2 aromatic rings. The lowest BCUT2D eigenvalue weighted by Gasteiger charge is -2.10. The number of carbonyl (C=O) groups is 1. The molecule has 0 saturated carbocycles. The van der Waals surface area contributed by atoms with Gasteiger partial charge >= 0.3 is 5.97 Å². The van der Waals surface area contributed by atoms with Crippen LogP contribution in [0.5, 0.6) is 0 Å². The van der Waals surface area contributed by atoms with Crippen molar-refractivity contribution < 1.29 is 27.1 Å². The number of carboxylic acid groups (broad SMARTS) is 1. The van der Waals surface area contributed by atoms with Crippen LogP contribution in [-0.2, 0) is 10.0 Å². The third-order valence-corrected chi connectivity index (χ3v) is 4.27. The first-order valence-corrected chi connectivity index (χ1v) is 7.57. The van der Waals surface area contributed by atoms with Gasteiger partial charge in [0.25, 0.3) is 10.0 Å². The van der Waals surface area contributed by atoms with Crippen molar-refractivity contribution in [2.24, 2.45) is 0 Å². The summed E-state index contributed by atoms with van der Waals surface area (Å²) in [5.74, 6) is -3.57. The van der Waals surface area contributed by atoms with Crippen LogP contribution in [0.1, 0.15) is 10.4 Å². The van der Waals surface area contributed by atoms with Crippen LogP contribution in [0.15, 0.2) is 41.3 Å². The third-order valence-electron chi connectivity index (χ3n) is 2.64. The van der Waals surface area contributed by atoms with E-state index >= 15 is 0 Å². The van der Waals surface area contributed by atoms with E-state index in [1.807, 2.05) is 4.72 Å². The predicted molar refractivity (Wildman–Crippen MR) is 75.6 cm³/mol. The summed E-state index contributed by atoms with van der Waals surface area (Å²) in [5, 5.41) is 8.79. The smallest absolute Gasteiger partial charge is 0.335 e. The number of hydrogen-bond acceptors (Lipinski definition) is 3. The van der Waals surface area contributed by atoms with Gasteiger partial charge in [-0.3, -0.25) is 4.72 Å². The zero-order valence-electron chi connectivity index (χ0n) is 10.7. The van der Waals surface area contributed by atoms with Crippen molar-refractivity contribution in [2.45, 2.75) is 4.90 Å². The molecule has 9 heteroatoms. The van der Waals surface area contributed by atoms with Gasteiger partial charge in [0, 0.05) is 5.02 Å². The van der Waals surface area contributed by atoms with Crippen molar-refractivity contribution in [1.82, 2.24) is 0 Å². The van der Waals surface area contributed by atoms with Crippen LogP contribution < -0.4 is 4.72 Å². The summed E-state index contributed by atoms with van der Waals surface area (Å²) in [6.07, 6.45) is 0. The molecule has 22 heavy (non-hydrogen) atoms. The fourth-order valence-electron chi connectivity index (χ4n) is 1.63. The minimum atomic E-state index is -4.44. The average molecular weight is 348 g/mol. The lowest BCUT2D eigenvalue weighted by Crippen LogP contribution is -2.16. The number of hydrogen-bond donors (Lipinski definition) is 2. The minimum Gasteiger partial charge on any atom is -0.478 e. The number of carboxylic acids is 1. The van der Waals surface area contributed by atoms with Crippen molar-refractivity contribution in [2.75, 3.05) is 4.72 Å². The Morgan fingerprint density at radius 3 is 2.36 bits per heavy atom. The molecule has 0 heterocycles. The number of anilines is 1. The highest BCUT2D eigenvalue weighted by atomic mass is 35.5. The van der Waals surface area contributed by atoms with Gasteiger partial charge in [0.15, 0.2) is 0 Å². The summed E-state index contributed by atoms with van der Waals surface area (Å²) in [4.78, 5) is 9.88. The Bertz CT molecular complexity index is 855. The highest BCUT2D eigenvalue weighted by molar-refractivity contribution is 7.92. The first kappa shape index (κ1) is 16.2. The molecule has 0 aromatic heterocycles. The van der Waals surface area contributed by atoms with Crippen LogP contribution in [-0.4, -0.2) is 19.5 Å². The van der Waals surface area contributed by atoms with Crippen LogP contribution >= 0.6 is 11.6 Å². The van der Waals surface area contributed by atoms with Crippen LogP contribution in [0, 0.1) is 11.6 Å². The van der Waals surface area contributed by atoms with Crippen molar-refractivity contribution in [3.05, 3.63) is 58.6 Å². The topological polar surface area (TPSA) is 83.5 Å². The van der Waals surface area contributed by atoms with Crippen LogP contribution in [0.4, 0.5) is 14.5 Å². The molecule has 0 amide bonds. The van der Waals surface area contributed by atoms with E-state index in [4.69, 9.17) is 16.7 Å². The largest absolute Gasteiger partial charge is 0.478 e. The van der Waals surface area contributed by atoms with Crippen molar-refractivity contribution in [1.29, 1.82) is 0 Å². The molecule has 0 radical (unpaired) electrons. The second-order valence-corrected chi connectivity index (χ2v) is 6.27. The summed E-state index contributed by atoms with van der Waals surface area (Å²) >= 11 is 5.64. The monoisotopic (exact) mass is 347 g/mol. The van der Waals surface area contributed by atoms with Gasteiger partial charge in [-0.15, -0.1) is 0 Å². The van der Waals surface area contributed by atoms with E-state index in [1.165, 1.54) is 6.07 Å². The van der Waals surface area contributed by atoms with E-state index in [9.17, 15) is 22.0 Å². The summed E-state index contributed by atoms with van der Waals surface area (Å²) in [6.45, 7) is 0. The quantitative estimate of drug-likeness (QED) is 0.890. The van der Waals surface area contributed by atoms with Crippen LogP contribution in [0.25, 0.3) is 0 Å². The zero-order chi connectivity index (χ0) is 16.5. The number of aromatic carboxylic acids is 1. The molecule has 0 aliphatic rings. The molecule has 2 aromatic carbocycles. The molecule has 0 fully saturated rings. The Labute approximate surface area is 129 Å². The predicted octanol–water partition coefficient (Wildman–Crippen LogP) is 3.12. The minimum absolute atomic E-state index is 0.0841. The lowest BCUT2D eigenvalue weighted by molar-refractivity contribution is 0.0696. The molecular formula is C13H8ClF2NO4S. The third kappa shape index (κ3) is 3.34. The first-order valence-electron chi connectivity index (χ1n) is 5.71. The first-order chi connectivity index (χ1) is 10.2. The van der Waals surface area contributed by atoms with Crippen molar-refractivity contribution in [3.8, 4) is 0 Å². The molecule has 0 aliphatic carbocycles. The van der Waals surface area contributed by atoms with Crippen LogP contribution in [0.3, 0.4) is 0 Å². The molecule has 0 saturated heterocycles. The molecule has 116 valence electrons. The van der Waals surface area contributed by atoms with Gasteiger partial charge in [0.1, 0.15) is 16.5 Å². The Balaban J connectivity index is 2.43. The number of sulfonamides is 1. The van der Waals surface area contributed by atoms with E-state index in [2.05, 4.69) is 0 Å². The Kier molecular flexibility index (Phi) is 4.34. The average Bonchev–Trinajstić information content (AvgIpc) is 2.42. The molecule has 2 N–H and O–H groups in total. The SMILES string of the molecule is O=C(O)c1ccc(S(=O)(=O)Nc2cc(Cl)ccc2F)c(F)c1.